The zero-order valence-corrected chi connectivity index (χ0v) is 11.6. The smallest absolute Gasteiger partial charge is 0.0935 e. The summed E-state index contributed by atoms with van der Waals surface area (Å²) in [6.07, 6.45) is 3.33. The van der Waals surface area contributed by atoms with Gasteiger partial charge < -0.3 is 9.52 Å². The van der Waals surface area contributed by atoms with Crippen LogP contribution in [0.4, 0.5) is 0 Å². The lowest BCUT2D eigenvalue weighted by Gasteiger charge is -2.07. The number of aliphatic hydroxyl groups is 1. The molecule has 0 aromatic carbocycles. The van der Waals surface area contributed by atoms with Gasteiger partial charge in [-0.3, -0.25) is 0 Å². The van der Waals surface area contributed by atoms with Crippen LogP contribution in [0.2, 0.25) is 0 Å². The fourth-order valence-corrected chi connectivity index (χ4v) is 4.28. The molecule has 0 aliphatic heterocycles. The zero-order valence-electron chi connectivity index (χ0n) is 7.61. The SMILES string of the molecule is OC(Cc1ccoc1)c1cc(Br)sc1Br. The van der Waals surface area contributed by atoms with E-state index in [1.165, 1.54) is 0 Å². The lowest BCUT2D eigenvalue weighted by Crippen LogP contribution is -1.99. The maximum atomic E-state index is 10.0. The highest BCUT2D eigenvalue weighted by atomic mass is 79.9. The van der Waals surface area contributed by atoms with Crippen LogP contribution in [0.5, 0.6) is 0 Å². The first-order valence-corrected chi connectivity index (χ1v) is 6.71. The van der Waals surface area contributed by atoms with E-state index in [1.807, 2.05) is 12.1 Å². The van der Waals surface area contributed by atoms with Gasteiger partial charge in [-0.1, -0.05) is 0 Å². The molecule has 2 aromatic rings. The summed E-state index contributed by atoms with van der Waals surface area (Å²) in [4.78, 5) is 0. The van der Waals surface area contributed by atoms with Crippen molar-refractivity contribution in [2.45, 2.75) is 12.5 Å². The standard InChI is InChI=1S/C10H8Br2O2S/c11-9-4-7(10(12)15-9)8(13)3-6-1-2-14-5-6/h1-2,4-5,8,13H,3H2. The second-order valence-corrected chi connectivity index (χ2v) is 6.88. The van der Waals surface area contributed by atoms with Gasteiger partial charge in [-0.2, -0.15) is 0 Å². The Labute approximate surface area is 108 Å². The average molecular weight is 352 g/mol. The molecule has 1 N–H and O–H groups in total. The molecule has 2 nitrogen and oxygen atoms in total. The summed E-state index contributed by atoms with van der Waals surface area (Å²) < 4.78 is 6.93. The Morgan fingerprint density at radius 3 is 2.80 bits per heavy atom. The van der Waals surface area contributed by atoms with Crippen LogP contribution in [0, 0.1) is 0 Å². The molecule has 15 heavy (non-hydrogen) atoms. The molecule has 0 spiro atoms. The molecule has 0 fully saturated rings. The molecular weight excluding hydrogens is 344 g/mol. The Kier molecular flexibility index (Phi) is 3.66. The van der Waals surface area contributed by atoms with Crippen LogP contribution in [0.15, 0.2) is 36.6 Å². The van der Waals surface area contributed by atoms with Gasteiger partial charge in [0.15, 0.2) is 0 Å². The predicted molar refractivity (Wildman–Crippen MR) is 67.1 cm³/mol. The van der Waals surface area contributed by atoms with Gasteiger partial charge in [0.2, 0.25) is 0 Å². The van der Waals surface area contributed by atoms with Crippen LogP contribution in [0.3, 0.4) is 0 Å². The maximum absolute atomic E-state index is 10.0. The van der Waals surface area contributed by atoms with E-state index in [1.54, 1.807) is 23.9 Å². The van der Waals surface area contributed by atoms with Crippen LogP contribution in [-0.2, 0) is 6.42 Å². The third-order valence-corrected chi connectivity index (χ3v) is 4.44. The van der Waals surface area contributed by atoms with E-state index in [4.69, 9.17) is 4.42 Å². The average Bonchev–Trinajstić information content (AvgIpc) is 2.75. The van der Waals surface area contributed by atoms with Crippen molar-refractivity contribution in [3.63, 3.8) is 0 Å². The van der Waals surface area contributed by atoms with Crippen LogP contribution in [0.25, 0.3) is 0 Å². The summed E-state index contributed by atoms with van der Waals surface area (Å²) >= 11 is 8.38. The monoisotopic (exact) mass is 350 g/mol. The third kappa shape index (κ3) is 2.72. The van der Waals surface area contributed by atoms with E-state index in [-0.39, 0.29) is 0 Å². The second-order valence-electron chi connectivity index (χ2n) is 3.13. The highest BCUT2D eigenvalue weighted by molar-refractivity contribution is 9.12. The number of hydrogen-bond acceptors (Lipinski definition) is 3. The van der Waals surface area contributed by atoms with Crippen molar-refractivity contribution in [1.82, 2.24) is 0 Å². The predicted octanol–water partition coefficient (Wildman–Crippen LogP) is 4.14. The Bertz CT molecular complexity index is 436. The zero-order chi connectivity index (χ0) is 10.8. The van der Waals surface area contributed by atoms with Crippen molar-refractivity contribution >= 4 is 43.2 Å². The van der Waals surface area contributed by atoms with Gasteiger partial charge in [0.1, 0.15) is 0 Å². The molecule has 2 rings (SSSR count). The molecule has 0 radical (unpaired) electrons. The Balaban J connectivity index is 2.14. The molecule has 2 aromatic heterocycles. The van der Waals surface area contributed by atoms with Crippen molar-refractivity contribution in [2.24, 2.45) is 0 Å². The van der Waals surface area contributed by atoms with Gasteiger partial charge >= 0.3 is 0 Å². The first-order chi connectivity index (χ1) is 7.16. The van der Waals surface area contributed by atoms with Crippen LogP contribution in [0.1, 0.15) is 17.2 Å². The molecule has 0 aliphatic carbocycles. The van der Waals surface area contributed by atoms with Crippen molar-refractivity contribution < 1.29 is 9.52 Å². The molecule has 0 amide bonds. The molecule has 1 unspecified atom stereocenters. The minimum atomic E-state index is -0.500. The topological polar surface area (TPSA) is 33.4 Å². The van der Waals surface area contributed by atoms with Crippen molar-refractivity contribution in [3.05, 3.63) is 43.4 Å². The summed E-state index contributed by atoms with van der Waals surface area (Å²) in [6.45, 7) is 0. The number of furan rings is 1. The van der Waals surface area contributed by atoms with Gasteiger partial charge in [-0.15, -0.1) is 11.3 Å². The summed E-state index contributed by atoms with van der Waals surface area (Å²) in [6, 6.07) is 3.79. The van der Waals surface area contributed by atoms with E-state index < -0.39 is 6.10 Å². The highest BCUT2D eigenvalue weighted by Gasteiger charge is 2.15. The van der Waals surface area contributed by atoms with Crippen molar-refractivity contribution in [2.75, 3.05) is 0 Å². The quantitative estimate of drug-likeness (QED) is 0.901. The van der Waals surface area contributed by atoms with Crippen LogP contribution >= 0.6 is 43.2 Å². The number of rotatable bonds is 3. The molecule has 0 aliphatic rings. The van der Waals surface area contributed by atoms with E-state index >= 15 is 0 Å². The lowest BCUT2D eigenvalue weighted by atomic mass is 10.1. The van der Waals surface area contributed by atoms with E-state index in [0.717, 1.165) is 18.7 Å². The van der Waals surface area contributed by atoms with Gasteiger partial charge in [-0.05, 0) is 49.6 Å². The molecule has 1 atom stereocenters. The Morgan fingerprint density at radius 2 is 2.27 bits per heavy atom. The van der Waals surface area contributed by atoms with Gasteiger partial charge in [0.25, 0.3) is 0 Å². The molecule has 0 saturated carbocycles. The van der Waals surface area contributed by atoms with Gasteiger partial charge in [0, 0.05) is 12.0 Å². The normalized spacial score (nSPS) is 13.0. The first-order valence-electron chi connectivity index (χ1n) is 4.30. The molecule has 2 heterocycles. The fraction of sp³-hybridized carbons (Fsp3) is 0.200. The second kappa shape index (κ2) is 4.82. The molecular formula is C10H8Br2O2S. The van der Waals surface area contributed by atoms with E-state index in [0.29, 0.717) is 6.42 Å². The molecule has 0 bridgehead atoms. The summed E-state index contributed by atoms with van der Waals surface area (Å²) in [7, 11) is 0. The minimum Gasteiger partial charge on any atom is -0.472 e. The number of thiophene rings is 1. The molecule has 80 valence electrons. The molecule has 0 saturated heterocycles. The molecule has 5 heteroatoms. The largest absolute Gasteiger partial charge is 0.472 e. The summed E-state index contributed by atoms with van der Waals surface area (Å²) in [5.74, 6) is 0. The van der Waals surface area contributed by atoms with E-state index in [9.17, 15) is 5.11 Å². The van der Waals surface area contributed by atoms with Crippen LogP contribution in [-0.4, -0.2) is 5.11 Å². The van der Waals surface area contributed by atoms with Gasteiger partial charge in [-0.25, -0.2) is 0 Å². The summed E-state index contributed by atoms with van der Waals surface area (Å²) in [5.41, 5.74) is 1.91. The van der Waals surface area contributed by atoms with E-state index in [2.05, 4.69) is 31.9 Å². The van der Waals surface area contributed by atoms with Gasteiger partial charge in [0.05, 0.1) is 26.2 Å². The lowest BCUT2D eigenvalue weighted by molar-refractivity contribution is 0.178. The maximum Gasteiger partial charge on any atom is 0.0935 e. The Morgan fingerprint density at radius 1 is 1.47 bits per heavy atom. The van der Waals surface area contributed by atoms with Crippen LogP contribution < -0.4 is 0 Å². The minimum absolute atomic E-state index is 0.500. The van der Waals surface area contributed by atoms with Crippen molar-refractivity contribution in [1.29, 1.82) is 0 Å². The number of aliphatic hydroxyl groups excluding tert-OH is 1. The first kappa shape index (κ1) is 11.4. The highest BCUT2D eigenvalue weighted by Crippen LogP contribution is 2.36. The fourth-order valence-electron chi connectivity index (χ4n) is 1.32. The van der Waals surface area contributed by atoms with Crippen molar-refractivity contribution in [3.8, 4) is 0 Å². The number of halogens is 2. The summed E-state index contributed by atoms with van der Waals surface area (Å²) in [5, 5.41) is 10.0. The third-order valence-electron chi connectivity index (χ3n) is 2.05. The number of hydrogen-bond donors (Lipinski definition) is 1. The Hall–Kier alpha value is -0.100.